The Bertz CT molecular complexity index is 369. The average molecular weight is 287 g/mol. The summed E-state index contributed by atoms with van der Waals surface area (Å²) in [6.07, 6.45) is 3.64. The minimum absolute atomic E-state index is 0.0776. The van der Waals surface area contributed by atoms with Crippen LogP contribution in [0.15, 0.2) is 18.5 Å². The third kappa shape index (κ3) is 3.48. The van der Waals surface area contributed by atoms with E-state index in [2.05, 4.69) is 20.9 Å². The van der Waals surface area contributed by atoms with Crippen LogP contribution in [0.4, 0.5) is 0 Å². The summed E-state index contributed by atoms with van der Waals surface area (Å²) >= 11 is 3.43. The molecular weight excluding hydrogens is 272 g/mol. The van der Waals surface area contributed by atoms with Crippen molar-refractivity contribution in [2.75, 3.05) is 13.6 Å². The van der Waals surface area contributed by atoms with E-state index < -0.39 is 0 Å². The summed E-state index contributed by atoms with van der Waals surface area (Å²) in [4.78, 5) is 17.6. The summed E-state index contributed by atoms with van der Waals surface area (Å²) in [5.41, 5.74) is 0.291. The Kier molecular flexibility index (Phi) is 4.73. The molecular formula is C11H15BrN2O2. The Morgan fingerprint density at radius 2 is 2.38 bits per heavy atom. The number of aromatic nitrogens is 1. The van der Waals surface area contributed by atoms with Crippen molar-refractivity contribution >= 4 is 21.8 Å². The Labute approximate surface area is 103 Å². The van der Waals surface area contributed by atoms with Gasteiger partial charge < -0.3 is 10.0 Å². The van der Waals surface area contributed by atoms with Gasteiger partial charge in [0.2, 0.25) is 0 Å². The molecule has 5 heteroatoms. The molecule has 1 N–H and O–H groups in total. The molecule has 88 valence electrons. The molecule has 0 aliphatic rings. The van der Waals surface area contributed by atoms with Crippen LogP contribution in [0.2, 0.25) is 0 Å². The Balaban J connectivity index is 2.67. The van der Waals surface area contributed by atoms with Gasteiger partial charge in [0.25, 0.3) is 5.91 Å². The fraction of sp³-hybridized carbons (Fsp3) is 0.455. The highest BCUT2D eigenvalue weighted by molar-refractivity contribution is 9.09. The van der Waals surface area contributed by atoms with Gasteiger partial charge in [-0.05, 0) is 12.5 Å². The smallest absolute Gasteiger partial charge is 0.257 e. The van der Waals surface area contributed by atoms with E-state index in [0.29, 0.717) is 16.9 Å². The number of amides is 1. The van der Waals surface area contributed by atoms with Crippen LogP contribution < -0.4 is 0 Å². The molecule has 1 rings (SSSR count). The third-order valence-corrected chi connectivity index (χ3v) is 2.70. The number of hydrogen-bond donors (Lipinski definition) is 1. The zero-order valence-corrected chi connectivity index (χ0v) is 10.9. The van der Waals surface area contributed by atoms with Crippen LogP contribution in [0.5, 0.6) is 5.75 Å². The number of carbonyl (C=O) groups excluding carboxylic acids is 1. The first-order valence-electron chi connectivity index (χ1n) is 5.05. The summed E-state index contributed by atoms with van der Waals surface area (Å²) in [5, 5.41) is 9.49. The first kappa shape index (κ1) is 13.0. The molecule has 1 heterocycles. The van der Waals surface area contributed by atoms with E-state index in [4.69, 9.17) is 0 Å². The van der Waals surface area contributed by atoms with Gasteiger partial charge in [-0.25, -0.2) is 0 Å². The molecule has 16 heavy (non-hydrogen) atoms. The second kappa shape index (κ2) is 5.84. The molecule has 4 nitrogen and oxygen atoms in total. The van der Waals surface area contributed by atoms with Crippen LogP contribution >= 0.6 is 15.9 Å². The molecule has 0 saturated carbocycles. The standard InChI is InChI=1S/C11H15BrN2O2/c1-8(12)4-6-14(2)11(16)9-3-5-13-7-10(9)15/h3,5,7-8,15H,4,6H2,1-2H3. The molecule has 0 bridgehead atoms. The highest BCUT2D eigenvalue weighted by atomic mass is 79.9. The van der Waals surface area contributed by atoms with Gasteiger partial charge in [0.1, 0.15) is 5.75 Å². The Hall–Kier alpha value is -1.10. The molecule has 1 atom stereocenters. The topological polar surface area (TPSA) is 53.4 Å². The van der Waals surface area contributed by atoms with Gasteiger partial charge in [-0.1, -0.05) is 22.9 Å². The zero-order valence-electron chi connectivity index (χ0n) is 9.35. The molecule has 0 saturated heterocycles. The monoisotopic (exact) mass is 286 g/mol. The maximum Gasteiger partial charge on any atom is 0.257 e. The van der Waals surface area contributed by atoms with E-state index in [-0.39, 0.29) is 11.7 Å². The fourth-order valence-electron chi connectivity index (χ4n) is 1.25. The molecule has 1 aromatic rings. The Morgan fingerprint density at radius 1 is 1.69 bits per heavy atom. The molecule has 0 aliphatic heterocycles. The lowest BCUT2D eigenvalue weighted by molar-refractivity contribution is 0.0791. The number of hydrogen-bond acceptors (Lipinski definition) is 3. The van der Waals surface area contributed by atoms with Crippen molar-refractivity contribution in [3.05, 3.63) is 24.0 Å². The van der Waals surface area contributed by atoms with Gasteiger partial charge in [0, 0.05) is 24.6 Å². The van der Waals surface area contributed by atoms with Gasteiger partial charge in [0.15, 0.2) is 0 Å². The molecule has 1 aromatic heterocycles. The lowest BCUT2D eigenvalue weighted by Gasteiger charge is -2.18. The van der Waals surface area contributed by atoms with Crippen LogP contribution in [-0.4, -0.2) is 39.3 Å². The summed E-state index contributed by atoms with van der Waals surface area (Å²) in [7, 11) is 1.72. The van der Waals surface area contributed by atoms with Crippen molar-refractivity contribution in [1.82, 2.24) is 9.88 Å². The van der Waals surface area contributed by atoms with E-state index >= 15 is 0 Å². The van der Waals surface area contributed by atoms with Crippen LogP contribution in [0.1, 0.15) is 23.7 Å². The highest BCUT2D eigenvalue weighted by Crippen LogP contribution is 2.16. The molecule has 0 fully saturated rings. The fourth-order valence-corrected chi connectivity index (χ4v) is 1.45. The number of carbonyl (C=O) groups is 1. The van der Waals surface area contributed by atoms with E-state index in [1.807, 2.05) is 6.92 Å². The van der Waals surface area contributed by atoms with Gasteiger partial charge >= 0.3 is 0 Å². The van der Waals surface area contributed by atoms with Crippen molar-refractivity contribution in [3.8, 4) is 5.75 Å². The van der Waals surface area contributed by atoms with Crippen molar-refractivity contribution in [2.24, 2.45) is 0 Å². The van der Waals surface area contributed by atoms with E-state index in [1.165, 1.54) is 18.5 Å². The lowest BCUT2D eigenvalue weighted by Crippen LogP contribution is -2.28. The minimum Gasteiger partial charge on any atom is -0.505 e. The second-order valence-electron chi connectivity index (χ2n) is 3.69. The van der Waals surface area contributed by atoms with Crippen LogP contribution in [0, 0.1) is 0 Å². The molecule has 0 radical (unpaired) electrons. The first-order valence-corrected chi connectivity index (χ1v) is 5.96. The van der Waals surface area contributed by atoms with Crippen molar-refractivity contribution in [1.29, 1.82) is 0 Å². The third-order valence-electron chi connectivity index (χ3n) is 2.24. The number of alkyl halides is 1. The van der Waals surface area contributed by atoms with E-state index in [1.54, 1.807) is 11.9 Å². The summed E-state index contributed by atoms with van der Waals surface area (Å²) in [6.45, 7) is 2.68. The number of aromatic hydroxyl groups is 1. The predicted molar refractivity (Wildman–Crippen MR) is 65.9 cm³/mol. The molecule has 0 spiro atoms. The average Bonchev–Trinajstić information content (AvgIpc) is 2.25. The van der Waals surface area contributed by atoms with E-state index in [0.717, 1.165) is 6.42 Å². The summed E-state index contributed by atoms with van der Waals surface area (Å²) in [6, 6.07) is 1.52. The van der Waals surface area contributed by atoms with Crippen molar-refractivity contribution < 1.29 is 9.90 Å². The maximum absolute atomic E-state index is 11.9. The van der Waals surface area contributed by atoms with Gasteiger partial charge in [-0.2, -0.15) is 0 Å². The van der Waals surface area contributed by atoms with Crippen LogP contribution in [0.3, 0.4) is 0 Å². The van der Waals surface area contributed by atoms with Crippen LogP contribution in [-0.2, 0) is 0 Å². The zero-order chi connectivity index (χ0) is 12.1. The summed E-state index contributed by atoms with van der Waals surface area (Å²) < 4.78 is 0. The molecule has 0 aromatic carbocycles. The first-order chi connectivity index (χ1) is 7.52. The SMILES string of the molecule is CC(Br)CCN(C)C(=O)c1ccncc1O. The highest BCUT2D eigenvalue weighted by Gasteiger charge is 2.15. The molecule has 0 aliphatic carbocycles. The minimum atomic E-state index is -0.187. The maximum atomic E-state index is 11.9. The number of pyridine rings is 1. The second-order valence-corrected chi connectivity index (χ2v) is 5.25. The molecule has 1 unspecified atom stereocenters. The molecule has 1 amide bonds. The number of rotatable bonds is 4. The number of halogens is 1. The summed E-state index contributed by atoms with van der Waals surface area (Å²) in [5.74, 6) is -0.265. The largest absolute Gasteiger partial charge is 0.505 e. The van der Waals surface area contributed by atoms with Crippen LogP contribution in [0.25, 0.3) is 0 Å². The van der Waals surface area contributed by atoms with Crippen molar-refractivity contribution in [2.45, 2.75) is 18.2 Å². The van der Waals surface area contributed by atoms with Gasteiger partial charge in [0.05, 0.1) is 11.8 Å². The lowest BCUT2D eigenvalue weighted by atomic mass is 10.2. The number of nitrogens with zero attached hydrogens (tertiary/aromatic N) is 2. The van der Waals surface area contributed by atoms with Gasteiger partial charge in [-0.3, -0.25) is 9.78 Å². The van der Waals surface area contributed by atoms with E-state index in [9.17, 15) is 9.90 Å². The van der Waals surface area contributed by atoms with Gasteiger partial charge in [-0.15, -0.1) is 0 Å². The normalized spacial score (nSPS) is 12.2. The predicted octanol–water partition coefficient (Wildman–Crippen LogP) is 2.03. The van der Waals surface area contributed by atoms with Crippen molar-refractivity contribution in [3.63, 3.8) is 0 Å². The Morgan fingerprint density at radius 3 is 2.94 bits per heavy atom. The quantitative estimate of drug-likeness (QED) is 0.862.